The zero-order valence-electron chi connectivity index (χ0n) is 21.0. The van der Waals surface area contributed by atoms with Crippen molar-refractivity contribution in [1.82, 2.24) is 40.3 Å². The maximum Gasteiger partial charge on any atom is 0.301 e. The van der Waals surface area contributed by atoms with Crippen LogP contribution in [0, 0.1) is 18.3 Å². The van der Waals surface area contributed by atoms with Crippen molar-refractivity contribution < 1.29 is 18.4 Å². The first-order valence-corrected chi connectivity index (χ1v) is 12.5. The molecule has 4 aromatic rings. The molecular weight excluding hydrogens is 546 g/mol. The minimum absolute atomic E-state index is 0.0149. The lowest BCUT2D eigenvalue weighted by Crippen LogP contribution is -2.40. The number of tetrazole rings is 1. The van der Waals surface area contributed by atoms with E-state index in [0.717, 1.165) is 24.1 Å². The standard InChI is InChI=1S/C25H21ClF2N10O2/c1-13-8-14(11-29)9-17(24(39)31-15-4-2-5-15)20(13)32-25(40)19-10-16(12-37-35-22(21(27)28)33-36-37)34-38(19)23-18(26)6-3-7-30-23/h3,6-10,15,21H,2,4-5,12H2,1H3,(H,31,39)(H,32,40). The molecule has 3 heterocycles. The quantitative estimate of drug-likeness (QED) is 0.327. The van der Waals surface area contributed by atoms with Crippen molar-refractivity contribution >= 4 is 29.1 Å². The Bertz CT molecular complexity index is 1640. The normalized spacial score (nSPS) is 13.1. The highest BCUT2D eigenvalue weighted by Gasteiger charge is 2.26. The maximum atomic E-state index is 13.7. The average Bonchev–Trinajstić information content (AvgIpc) is 3.55. The van der Waals surface area contributed by atoms with Gasteiger partial charge < -0.3 is 10.6 Å². The van der Waals surface area contributed by atoms with Crippen LogP contribution >= 0.6 is 11.6 Å². The second-order valence-corrected chi connectivity index (χ2v) is 9.51. The fraction of sp³-hybridized carbons (Fsp3) is 0.280. The molecule has 15 heteroatoms. The summed E-state index contributed by atoms with van der Waals surface area (Å²) in [5, 5.41) is 30.3. The van der Waals surface area contributed by atoms with Crippen molar-refractivity contribution in [2.24, 2.45) is 0 Å². The number of halogens is 3. The van der Waals surface area contributed by atoms with Crippen LogP contribution in [-0.2, 0) is 6.54 Å². The molecule has 0 atom stereocenters. The van der Waals surface area contributed by atoms with E-state index in [9.17, 15) is 23.6 Å². The summed E-state index contributed by atoms with van der Waals surface area (Å²) >= 11 is 6.33. The van der Waals surface area contributed by atoms with E-state index in [-0.39, 0.29) is 51.6 Å². The number of hydrogen-bond acceptors (Lipinski definition) is 8. The van der Waals surface area contributed by atoms with Crippen molar-refractivity contribution in [3.05, 3.63) is 75.5 Å². The Labute approximate surface area is 231 Å². The lowest BCUT2D eigenvalue weighted by Gasteiger charge is -2.27. The number of pyridine rings is 1. The molecule has 0 saturated heterocycles. The van der Waals surface area contributed by atoms with Crippen LogP contribution in [0.4, 0.5) is 14.5 Å². The largest absolute Gasteiger partial charge is 0.349 e. The average molecular weight is 567 g/mol. The molecule has 2 amide bonds. The molecule has 1 saturated carbocycles. The van der Waals surface area contributed by atoms with Crippen LogP contribution < -0.4 is 10.6 Å². The van der Waals surface area contributed by atoms with E-state index in [1.165, 1.54) is 23.0 Å². The molecule has 0 unspecified atom stereocenters. The number of nitrogens with one attached hydrogen (secondary N) is 2. The van der Waals surface area contributed by atoms with E-state index in [1.54, 1.807) is 25.1 Å². The molecule has 1 aliphatic carbocycles. The van der Waals surface area contributed by atoms with Gasteiger partial charge in [-0.3, -0.25) is 9.59 Å². The van der Waals surface area contributed by atoms with Gasteiger partial charge in [-0.2, -0.15) is 15.2 Å². The van der Waals surface area contributed by atoms with Gasteiger partial charge in [-0.05, 0) is 67.3 Å². The van der Waals surface area contributed by atoms with Crippen LogP contribution in [-0.4, -0.2) is 52.8 Å². The zero-order chi connectivity index (χ0) is 28.4. The molecule has 5 rings (SSSR count). The highest BCUT2D eigenvalue weighted by atomic mass is 35.5. The third kappa shape index (κ3) is 5.50. The number of carbonyl (C=O) groups is 2. The first-order chi connectivity index (χ1) is 19.2. The van der Waals surface area contributed by atoms with E-state index >= 15 is 0 Å². The lowest BCUT2D eigenvalue weighted by molar-refractivity contribution is 0.0917. The van der Waals surface area contributed by atoms with Gasteiger partial charge in [-0.1, -0.05) is 11.6 Å². The van der Waals surface area contributed by atoms with Gasteiger partial charge in [0.05, 0.1) is 33.6 Å². The van der Waals surface area contributed by atoms with E-state index in [4.69, 9.17) is 11.6 Å². The SMILES string of the molecule is Cc1cc(C#N)cc(C(=O)NC2CCC2)c1NC(=O)c1cc(Cn2nnc(C(F)F)n2)nn1-c1ncccc1Cl. The number of aryl methyl sites for hydroxylation is 1. The minimum atomic E-state index is -2.90. The third-order valence-electron chi connectivity index (χ3n) is 6.29. The summed E-state index contributed by atoms with van der Waals surface area (Å²) in [5.41, 5.74) is 1.35. The number of nitrogens with zero attached hydrogens (tertiary/aromatic N) is 8. The molecule has 1 aliphatic rings. The van der Waals surface area contributed by atoms with Gasteiger partial charge in [0.2, 0.25) is 5.82 Å². The van der Waals surface area contributed by atoms with Crippen LogP contribution in [0.1, 0.15) is 69.2 Å². The number of nitriles is 1. The molecule has 1 aromatic carbocycles. The summed E-state index contributed by atoms with van der Waals surface area (Å²) in [6, 6.07) is 9.62. The molecule has 0 aliphatic heterocycles. The monoisotopic (exact) mass is 566 g/mol. The van der Waals surface area contributed by atoms with Gasteiger partial charge >= 0.3 is 6.43 Å². The van der Waals surface area contributed by atoms with Crippen molar-refractivity contribution in [1.29, 1.82) is 5.26 Å². The molecule has 12 nitrogen and oxygen atoms in total. The third-order valence-corrected chi connectivity index (χ3v) is 6.58. The first kappa shape index (κ1) is 26.8. The molecule has 40 heavy (non-hydrogen) atoms. The number of hydrogen-bond donors (Lipinski definition) is 2. The summed E-state index contributed by atoms with van der Waals surface area (Å²) in [4.78, 5) is 31.9. The maximum absolute atomic E-state index is 13.7. The van der Waals surface area contributed by atoms with Gasteiger partial charge in [0.15, 0.2) is 5.82 Å². The molecule has 1 fully saturated rings. The second kappa shape index (κ2) is 11.1. The molecule has 204 valence electrons. The van der Waals surface area contributed by atoms with E-state index in [2.05, 4.69) is 36.1 Å². The van der Waals surface area contributed by atoms with Crippen molar-refractivity contribution in [3.63, 3.8) is 0 Å². The van der Waals surface area contributed by atoms with Crippen LogP contribution in [0.25, 0.3) is 5.82 Å². The summed E-state index contributed by atoms with van der Waals surface area (Å²) in [6.07, 6.45) is 1.30. The Morgan fingerprint density at radius 1 is 1.23 bits per heavy atom. The smallest absolute Gasteiger partial charge is 0.301 e. The Kier molecular flexibility index (Phi) is 7.47. The second-order valence-electron chi connectivity index (χ2n) is 9.10. The van der Waals surface area contributed by atoms with Crippen molar-refractivity contribution in [3.8, 4) is 11.9 Å². The van der Waals surface area contributed by atoms with E-state index in [1.807, 2.05) is 6.07 Å². The summed E-state index contributed by atoms with van der Waals surface area (Å²) in [5.74, 6) is -1.67. The van der Waals surface area contributed by atoms with Gasteiger partial charge in [0, 0.05) is 12.2 Å². The molecular formula is C25H21ClF2N10O2. The minimum Gasteiger partial charge on any atom is -0.349 e. The van der Waals surface area contributed by atoms with Crippen LogP contribution in [0.15, 0.2) is 36.5 Å². The highest BCUT2D eigenvalue weighted by Crippen LogP contribution is 2.27. The number of aromatic nitrogens is 7. The number of anilines is 1. The summed E-state index contributed by atoms with van der Waals surface area (Å²) in [6.45, 7) is 1.49. The number of amides is 2. The highest BCUT2D eigenvalue weighted by molar-refractivity contribution is 6.32. The topological polar surface area (TPSA) is 156 Å². The molecule has 0 bridgehead atoms. The van der Waals surface area contributed by atoms with Gasteiger partial charge in [0.1, 0.15) is 12.2 Å². The molecule has 0 radical (unpaired) electrons. The Morgan fingerprint density at radius 3 is 2.67 bits per heavy atom. The number of carbonyl (C=O) groups excluding carboxylic acids is 2. The number of alkyl halides is 2. The van der Waals surface area contributed by atoms with Crippen molar-refractivity contribution in [2.45, 2.75) is 45.2 Å². The summed E-state index contributed by atoms with van der Waals surface area (Å²) < 4.78 is 27.0. The Hall–Kier alpha value is -4.77. The van der Waals surface area contributed by atoms with Crippen LogP contribution in [0.2, 0.25) is 5.02 Å². The van der Waals surface area contributed by atoms with Crippen LogP contribution in [0.5, 0.6) is 0 Å². The molecule has 2 N–H and O–H groups in total. The van der Waals surface area contributed by atoms with Crippen LogP contribution in [0.3, 0.4) is 0 Å². The zero-order valence-corrected chi connectivity index (χ0v) is 21.7. The predicted molar refractivity (Wildman–Crippen MR) is 137 cm³/mol. The Morgan fingerprint density at radius 2 is 2.02 bits per heavy atom. The van der Waals surface area contributed by atoms with E-state index < -0.39 is 24.1 Å². The number of benzene rings is 1. The first-order valence-electron chi connectivity index (χ1n) is 12.2. The van der Waals surface area contributed by atoms with Gasteiger partial charge in [-0.15, -0.1) is 10.2 Å². The lowest BCUT2D eigenvalue weighted by atomic mass is 9.92. The fourth-order valence-electron chi connectivity index (χ4n) is 4.11. The number of rotatable bonds is 8. The Balaban J connectivity index is 1.51. The van der Waals surface area contributed by atoms with Gasteiger partial charge in [-0.25, -0.2) is 18.4 Å². The fourth-order valence-corrected chi connectivity index (χ4v) is 4.31. The summed E-state index contributed by atoms with van der Waals surface area (Å²) in [7, 11) is 0. The van der Waals surface area contributed by atoms with Crippen molar-refractivity contribution in [2.75, 3.05) is 5.32 Å². The van der Waals surface area contributed by atoms with E-state index in [0.29, 0.717) is 5.56 Å². The molecule has 0 spiro atoms. The van der Waals surface area contributed by atoms with Gasteiger partial charge in [0.25, 0.3) is 11.8 Å². The molecule has 3 aromatic heterocycles. The predicted octanol–water partition coefficient (Wildman–Crippen LogP) is 3.61.